The van der Waals surface area contributed by atoms with Crippen LogP contribution in [0.4, 0.5) is 27.6 Å². The predicted molar refractivity (Wildman–Crippen MR) is 86.0 cm³/mol. The van der Waals surface area contributed by atoms with Gasteiger partial charge >= 0.3 is 12.5 Å². The number of nitrogens with zero attached hydrogens (tertiary/aromatic N) is 2. The fraction of sp³-hybridized carbons (Fsp3) is 0.176. The highest BCUT2D eigenvalue weighted by molar-refractivity contribution is 5.92. The molecule has 2 aromatic carbocycles. The van der Waals surface area contributed by atoms with Crippen molar-refractivity contribution in [2.24, 2.45) is 0 Å². The van der Waals surface area contributed by atoms with Crippen molar-refractivity contribution >= 4 is 22.6 Å². The van der Waals surface area contributed by atoms with E-state index >= 15 is 0 Å². The van der Waals surface area contributed by atoms with Crippen molar-refractivity contribution in [3.63, 3.8) is 0 Å². The first-order valence-electron chi connectivity index (χ1n) is 7.85. The van der Waals surface area contributed by atoms with E-state index in [4.69, 9.17) is 0 Å². The topological polar surface area (TPSA) is 65.4 Å². The summed E-state index contributed by atoms with van der Waals surface area (Å²) in [5.74, 6) is -2.54. The van der Waals surface area contributed by atoms with E-state index in [-0.39, 0.29) is 28.2 Å². The maximum Gasteiger partial charge on any atom is 0.586 e. The molecule has 1 aliphatic rings. The molecule has 28 heavy (non-hydrogen) atoms. The standard InChI is InChI=1S/C17H10F5N3O3/c18-16(19,20)15-24-10-3-1-2-4-11(10)25(15)8-14(26)23-9-5-6-12-13(7-9)28-17(21,22)27-12/h1-7H,8H2,(H,23,26). The number of nitrogens with one attached hydrogen (secondary N) is 1. The third kappa shape index (κ3) is 3.30. The number of carbonyl (C=O) groups excluding carboxylic acids is 1. The molecule has 6 nitrogen and oxygen atoms in total. The Morgan fingerprint density at radius 2 is 1.82 bits per heavy atom. The fourth-order valence-corrected chi connectivity index (χ4v) is 2.82. The minimum atomic E-state index is -4.76. The molecule has 4 rings (SSSR count). The van der Waals surface area contributed by atoms with Crippen LogP contribution >= 0.6 is 0 Å². The van der Waals surface area contributed by atoms with E-state index in [9.17, 15) is 26.7 Å². The summed E-state index contributed by atoms with van der Waals surface area (Å²) in [7, 11) is 0. The quantitative estimate of drug-likeness (QED) is 0.676. The molecule has 0 spiro atoms. The molecule has 0 aliphatic carbocycles. The van der Waals surface area contributed by atoms with Crippen molar-refractivity contribution in [2.75, 3.05) is 5.32 Å². The van der Waals surface area contributed by atoms with Gasteiger partial charge in [-0.3, -0.25) is 4.79 Å². The maximum absolute atomic E-state index is 13.3. The van der Waals surface area contributed by atoms with Gasteiger partial charge in [0.2, 0.25) is 11.7 Å². The summed E-state index contributed by atoms with van der Waals surface area (Å²) in [6.07, 6.45) is -8.58. The summed E-state index contributed by atoms with van der Waals surface area (Å²) in [6.45, 7) is -0.681. The van der Waals surface area contributed by atoms with Gasteiger partial charge in [-0.2, -0.15) is 13.2 Å². The number of fused-ring (bicyclic) bond motifs is 2. The lowest BCUT2D eigenvalue weighted by Gasteiger charge is -2.12. The van der Waals surface area contributed by atoms with E-state index in [1.165, 1.54) is 30.3 Å². The number of rotatable bonds is 3. The van der Waals surface area contributed by atoms with Crippen LogP contribution in [0.25, 0.3) is 11.0 Å². The van der Waals surface area contributed by atoms with Crippen LogP contribution < -0.4 is 14.8 Å². The molecule has 1 aliphatic heterocycles. The number of alkyl halides is 5. The van der Waals surface area contributed by atoms with Crippen molar-refractivity contribution < 1.29 is 36.2 Å². The molecule has 11 heteroatoms. The van der Waals surface area contributed by atoms with Crippen LogP contribution in [0.1, 0.15) is 5.82 Å². The average molecular weight is 399 g/mol. The van der Waals surface area contributed by atoms with Gasteiger partial charge in [0.15, 0.2) is 11.5 Å². The molecule has 0 radical (unpaired) electrons. The number of benzene rings is 2. The normalized spacial score (nSPS) is 15.0. The molecule has 0 saturated carbocycles. The number of carbonyl (C=O) groups is 1. The van der Waals surface area contributed by atoms with Gasteiger partial charge in [-0.05, 0) is 24.3 Å². The average Bonchev–Trinajstić information content (AvgIpc) is 3.10. The van der Waals surface area contributed by atoms with E-state index in [0.717, 1.165) is 16.7 Å². The number of aromatic nitrogens is 2. The van der Waals surface area contributed by atoms with Crippen LogP contribution in [0, 0.1) is 0 Å². The first-order valence-corrected chi connectivity index (χ1v) is 7.85. The van der Waals surface area contributed by atoms with Crippen molar-refractivity contribution in [3.05, 3.63) is 48.3 Å². The van der Waals surface area contributed by atoms with E-state index in [1.807, 2.05) is 0 Å². The lowest BCUT2D eigenvalue weighted by molar-refractivity contribution is -0.286. The van der Waals surface area contributed by atoms with Gasteiger partial charge < -0.3 is 19.4 Å². The molecule has 1 aromatic heterocycles. The Morgan fingerprint density at radius 1 is 1.11 bits per heavy atom. The number of anilines is 1. The second kappa shape index (κ2) is 6.08. The number of hydrogen-bond donors (Lipinski definition) is 1. The van der Waals surface area contributed by atoms with Crippen LogP contribution in [-0.2, 0) is 17.5 Å². The second-order valence-electron chi connectivity index (χ2n) is 5.89. The highest BCUT2D eigenvalue weighted by atomic mass is 19.4. The first kappa shape index (κ1) is 18.0. The molecule has 2 heterocycles. The number of ether oxygens (including phenoxy) is 2. The van der Waals surface area contributed by atoms with Crippen LogP contribution in [0.15, 0.2) is 42.5 Å². The van der Waals surface area contributed by atoms with E-state index in [1.54, 1.807) is 0 Å². The van der Waals surface area contributed by atoms with E-state index in [2.05, 4.69) is 19.8 Å². The summed E-state index contributed by atoms with van der Waals surface area (Å²) < 4.78 is 75.1. The number of para-hydroxylation sites is 2. The van der Waals surface area contributed by atoms with Crippen LogP contribution in [-0.4, -0.2) is 21.8 Å². The minimum absolute atomic E-state index is 0.0584. The van der Waals surface area contributed by atoms with E-state index in [0.29, 0.717) is 0 Å². The summed E-state index contributed by atoms with van der Waals surface area (Å²) in [5.41, 5.74) is 0.284. The van der Waals surface area contributed by atoms with Gasteiger partial charge in [-0.1, -0.05) is 12.1 Å². The van der Waals surface area contributed by atoms with Crippen LogP contribution in [0.3, 0.4) is 0 Å². The third-order valence-corrected chi connectivity index (χ3v) is 3.89. The highest BCUT2D eigenvalue weighted by Gasteiger charge is 2.43. The zero-order valence-electron chi connectivity index (χ0n) is 13.8. The van der Waals surface area contributed by atoms with Gasteiger partial charge in [0, 0.05) is 11.8 Å². The number of hydrogen-bond acceptors (Lipinski definition) is 4. The Labute approximate surface area is 153 Å². The molecular formula is C17H10F5N3O3. The molecule has 146 valence electrons. The zero-order chi connectivity index (χ0) is 20.1. The Balaban J connectivity index is 1.59. The molecule has 0 saturated heterocycles. The smallest absolute Gasteiger partial charge is 0.395 e. The van der Waals surface area contributed by atoms with Gasteiger partial charge in [0.1, 0.15) is 6.54 Å². The lowest BCUT2D eigenvalue weighted by Crippen LogP contribution is -2.26. The Bertz CT molecular complexity index is 1080. The largest absolute Gasteiger partial charge is 0.586 e. The Morgan fingerprint density at radius 3 is 2.57 bits per heavy atom. The van der Waals surface area contributed by atoms with Gasteiger partial charge in [-0.15, -0.1) is 8.78 Å². The molecule has 0 bridgehead atoms. The molecule has 3 aromatic rings. The zero-order valence-corrected chi connectivity index (χ0v) is 13.8. The van der Waals surface area contributed by atoms with Crippen LogP contribution in [0.2, 0.25) is 0 Å². The molecule has 1 N–H and O–H groups in total. The van der Waals surface area contributed by atoms with Crippen molar-refractivity contribution in [1.29, 1.82) is 0 Å². The SMILES string of the molecule is O=C(Cn1c(C(F)(F)F)nc2ccccc21)Nc1ccc2c(c1)OC(F)(F)O2. The summed E-state index contributed by atoms with van der Waals surface area (Å²) in [5, 5.41) is 2.35. The van der Waals surface area contributed by atoms with Crippen molar-refractivity contribution in [2.45, 2.75) is 19.0 Å². The molecule has 0 fully saturated rings. The molecule has 0 atom stereocenters. The minimum Gasteiger partial charge on any atom is -0.395 e. The Hall–Kier alpha value is -3.37. The highest BCUT2D eigenvalue weighted by Crippen LogP contribution is 2.42. The maximum atomic E-state index is 13.3. The summed E-state index contributed by atoms with van der Waals surface area (Å²) >= 11 is 0. The third-order valence-electron chi connectivity index (χ3n) is 3.89. The number of imidazole rings is 1. The van der Waals surface area contributed by atoms with Gasteiger partial charge in [-0.25, -0.2) is 4.98 Å². The Kier molecular flexibility index (Phi) is 3.91. The van der Waals surface area contributed by atoms with Crippen LogP contribution in [0.5, 0.6) is 11.5 Å². The summed E-state index contributed by atoms with van der Waals surface area (Å²) in [6, 6.07) is 9.37. The molecule has 0 unspecified atom stereocenters. The second-order valence-corrected chi connectivity index (χ2v) is 5.89. The number of amides is 1. The number of halogens is 5. The molecule has 1 amide bonds. The molecular weight excluding hydrogens is 389 g/mol. The van der Waals surface area contributed by atoms with Gasteiger partial charge in [0.05, 0.1) is 11.0 Å². The monoisotopic (exact) mass is 399 g/mol. The van der Waals surface area contributed by atoms with Crippen molar-refractivity contribution in [3.8, 4) is 11.5 Å². The first-order chi connectivity index (χ1) is 13.1. The summed E-state index contributed by atoms with van der Waals surface area (Å²) in [4.78, 5) is 15.8. The van der Waals surface area contributed by atoms with Gasteiger partial charge in [0.25, 0.3) is 0 Å². The van der Waals surface area contributed by atoms with E-state index < -0.39 is 30.7 Å². The lowest BCUT2D eigenvalue weighted by atomic mass is 10.2. The predicted octanol–water partition coefficient (Wildman–Crippen LogP) is 4.02. The fourth-order valence-electron chi connectivity index (χ4n) is 2.82. The van der Waals surface area contributed by atoms with Crippen molar-refractivity contribution in [1.82, 2.24) is 9.55 Å².